The first-order valence-corrected chi connectivity index (χ1v) is 7.64. The molecule has 2 aromatic rings. The predicted molar refractivity (Wildman–Crippen MR) is 91.6 cm³/mol. The SMILES string of the molecule is CCNC(=O)c1ccccc1NC(=O)c1cccc(I)c1. The van der Waals surface area contributed by atoms with Crippen LogP contribution < -0.4 is 10.6 Å². The van der Waals surface area contributed by atoms with Crippen LogP contribution in [0.1, 0.15) is 27.6 Å². The van der Waals surface area contributed by atoms with Crippen LogP contribution in [0.25, 0.3) is 0 Å². The van der Waals surface area contributed by atoms with Crippen molar-refractivity contribution >= 4 is 40.1 Å². The minimum Gasteiger partial charge on any atom is -0.352 e. The van der Waals surface area contributed by atoms with Crippen LogP contribution in [0.3, 0.4) is 0 Å². The molecule has 2 rings (SSSR count). The quantitative estimate of drug-likeness (QED) is 0.782. The number of halogens is 1. The van der Waals surface area contributed by atoms with Crippen LogP contribution in [0.2, 0.25) is 0 Å². The predicted octanol–water partition coefficient (Wildman–Crippen LogP) is 3.29. The highest BCUT2D eigenvalue weighted by Gasteiger charge is 2.13. The third-order valence-electron chi connectivity index (χ3n) is 2.84. The molecule has 0 saturated carbocycles. The normalized spacial score (nSPS) is 10.0. The average Bonchev–Trinajstić information content (AvgIpc) is 2.48. The molecule has 0 aromatic heterocycles. The smallest absolute Gasteiger partial charge is 0.255 e. The number of rotatable bonds is 4. The van der Waals surface area contributed by atoms with Crippen molar-refractivity contribution in [3.63, 3.8) is 0 Å². The highest BCUT2D eigenvalue weighted by molar-refractivity contribution is 14.1. The van der Waals surface area contributed by atoms with Gasteiger partial charge in [0.25, 0.3) is 11.8 Å². The van der Waals surface area contributed by atoms with E-state index in [0.717, 1.165) is 3.57 Å². The number of benzene rings is 2. The van der Waals surface area contributed by atoms with Crippen molar-refractivity contribution in [2.45, 2.75) is 6.92 Å². The Morgan fingerprint density at radius 1 is 1.05 bits per heavy atom. The molecular formula is C16H15IN2O2. The summed E-state index contributed by atoms with van der Waals surface area (Å²) in [6, 6.07) is 14.2. The van der Waals surface area contributed by atoms with E-state index in [4.69, 9.17) is 0 Å². The summed E-state index contributed by atoms with van der Waals surface area (Å²) in [5, 5.41) is 5.52. The maximum Gasteiger partial charge on any atom is 0.255 e. The molecule has 2 N–H and O–H groups in total. The summed E-state index contributed by atoms with van der Waals surface area (Å²) in [7, 11) is 0. The Hall–Kier alpha value is -1.89. The van der Waals surface area contributed by atoms with Crippen molar-refractivity contribution in [2.75, 3.05) is 11.9 Å². The van der Waals surface area contributed by atoms with E-state index in [-0.39, 0.29) is 11.8 Å². The van der Waals surface area contributed by atoms with Crippen molar-refractivity contribution in [2.24, 2.45) is 0 Å². The standard InChI is InChI=1S/C16H15IN2O2/c1-2-18-16(21)13-8-3-4-9-14(13)19-15(20)11-6-5-7-12(17)10-11/h3-10H,2H2,1H3,(H,18,21)(H,19,20). The Kier molecular flexibility index (Phi) is 5.32. The van der Waals surface area contributed by atoms with Crippen LogP contribution in [-0.4, -0.2) is 18.4 Å². The molecule has 0 heterocycles. The van der Waals surface area contributed by atoms with Crippen LogP contribution in [0.5, 0.6) is 0 Å². The lowest BCUT2D eigenvalue weighted by Gasteiger charge is -2.11. The van der Waals surface area contributed by atoms with Crippen LogP contribution in [0, 0.1) is 3.57 Å². The molecule has 0 unspecified atom stereocenters. The van der Waals surface area contributed by atoms with Gasteiger partial charge in [-0.1, -0.05) is 18.2 Å². The molecule has 108 valence electrons. The fourth-order valence-electron chi connectivity index (χ4n) is 1.87. The second-order valence-electron chi connectivity index (χ2n) is 4.37. The number of para-hydroxylation sites is 1. The average molecular weight is 394 g/mol. The summed E-state index contributed by atoms with van der Waals surface area (Å²) in [6.07, 6.45) is 0. The fourth-order valence-corrected chi connectivity index (χ4v) is 2.41. The van der Waals surface area contributed by atoms with Gasteiger partial charge in [0.15, 0.2) is 0 Å². The van der Waals surface area contributed by atoms with E-state index in [1.54, 1.807) is 36.4 Å². The molecule has 0 fully saturated rings. The number of amides is 2. The second kappa shape index (κ2) is 7.21. The molecule has 0 spiro atoms. The summed E-state index contributed by atoms with van der Waals surface area (Å²) >= 11 is 2.15. The minimum absolute atomic E-state index is 0.198. The van der Waals surface area contributed by atoms with Gasteiger partial charge in [-0.3, -0.25) is 9.59 Å². The summed E-state index contributed by atoms with van der Waals surface area (Å²) in [4.78, 5) is 24.2. The lowest BCUT2D eigenvalue weighted by molar-refractivity contribution is 0.0956. The van der Waals surface area contributed by atoms with Gasteiger partial charge in [0.05, 0.1) is 11.3 Å². The van der Waals surface area contributed by atoms with Crippen molar-refractivity contribution < 1.29 is 9.59 Å². The first-order valence-electron chi connectivity index (χ1n) is 6.56. The van der Waals surface area contributed by atoms with Crippen LogP contribution in [-0.2, 0) is 0 Å². The monoisotopic (exact) mass is 394 g/mol. The zero-order valence-electron chi connectivity index (χ0n) is 11.5. The van der Waals surface area contributed by atoms with Crippen molar-refractivity contribution in [3.8, 4) is 0 Å². The van der Waals surface area contributed by atoms with Crippen molar-refractivity contribution in [3.05, 3.63) is 63.2 Å². The van der Waals surface area contributed by atoms with Crippen molar-refractivity contribution in [1.29, 1.82) is 0 Å². The molecule has 0 aliphatic heterocycles. The molecule has 0 aliphatic carbocycles. The molecule has 0 aliphatic rings. The van der Waals surface area contributed by atoms with Gasteiger partial charge >= 0.3 is 0 Å². The Morgan fingerprint density at radius 2 is 1.81 bits per heavy atom. The first kappa shape index (κ1) is 15.5. The van der Waals surface area contributed by atoms with E-state index in [1.165, 1.54) is 0 Å². The highest BCUT2D eigenvalue weighted by Crippen LogP contribution is 2.17. The Balaban J connectivity index is 2.23. The van der Waals surface area contributed by atoms with E-state index in [1.807, 2.05) is 19.1 Å². The van der Waals surface area contributed by atoms with Gasteiger partial charge in [-0.15, -0.1) is 0 Å². The summed E-state index contributed by atoms with van der Waals surface area (Å²) < 4.78 is 0.984. The molecule has 2 aromatic carbocycles. The number of anilines is 1. The molecular weight excluding hydrogens is 379 g/mol. The van der Waals surface area contributed by atoms with E-state index in [0.29, 0.717) is 23.4 Å². The topological polar surface area (TPSA) is 58.2 Å². The molecule has 5 heteroatoms. The maximum absolute atomic E-state index is 12.3. The fraction of sp³-hybridized carbons (Fsp3) is 0.125. The molecule has 0 atom stereocenters. The van der Waals surface area contributed by atoms with Crippen molar-refractivity contribution in [1.82, 2.24) is 5.32 Å². The number of hydrogen-bond donors (Lipinski definition) is 2. The molecule has 0 radical (unpaired) electrons. The Morgan fingerprint density at radius 3 is 2.52 bits per heavy atom. The van der Waals surface area contributed by atoms with Gasteiger partial charge in [0, 0.05) is 15.7 Å². The highest BCUT2D eigenvalue weighted by atomic mass is 127. The van der Waals surface area contributed by atoms with Gasteiger partial charge < -0.3 is 10.6 Å². The lowest BCUT2D eigenvalue weighted by Crippen LogP contribution is -2.24. The maximum atomic E-state index is 12.3. The van der Waals surface area contributed by atoms with E-state index in [9.17, 15) is 9.59 Å². The van der Waals surface area contributed by atoms with Crippen LogP contribution in [0.4, 0.5) is 5.69 Å². The minimum atomic E-state index is -0.231. The van der Waals surface area contributed by atoms with Gasteiger partial charge in [0.1, 0.15) is 0 Å². The third kappa shape index (κ3) is 4.04. The summed E-state index contributed by atoms with van der Waals surface area (Å²) in [5.41, 5.74) is 1.53. The van der Waals surface area contributed by atoms with E-state index >= 15 is 0 Å². The van der Waals surface area contributed by atoms with E-state index in [2.05, 4.69) is 33.2 Å². The lowest BCUT2D eigenvalue weighted by atomic mass is 10.1. The van der Waals surface area contributed by atoms with Gasteiger partial charge in [-0.05, 0) is 59.8 Å². The zero-order chi connectivity index (χ0) is 15.2. The number of hydrogen-bond acceptors (Lipinski definition) is 2. The molecule has 0 saturated heterocycles. The summed E-state index contributed by atoms with van der Waals surface area (Å²) in [6.45, 7) is 2.39. The largest absolute Gasteiger partial charge is 0.352 e. The Bertz CT molecular complexity index is 671. The number of carbonyl (C=O) groups excluding carboxylic acids is 2. The zero-order valence-corrected chi connectivity index (χ0v) is 13.7. The van der Waals surface area contributed by atoms with Crippen LogP contribution in [0.15, 0.2) is 48.5 Å². The third-order valence-corrected chi connectivity index (χ3v) is 3.52. The van der Waals surface area contributed by atoms with Gasteiger partial charge in [0.2, 0.25) is 0 Å². The van der Waals surface area contributed by atoms with E-state index < -0.39 is 0 Å². The number of nitrogens with one attached hydrogen (secondary N) is 2. The molecule has 4 nitrogen and oxygen atoms in total. The summed E-state index contributed by atoms with van der Waals surface area (Å²) in [5.74, 6) is -0.429. The van der Waals surface area contributed by atoms with Crippen LogP contribution >= 0.6 is 22.6 Å². The second-order valence-corrected chi connectivity index (χ2v) is 5.62. The Labute approximate surface area is 137 Å². The first-order chi connectivity index (χ1) is 10.1. The molecule has 0 bridgehead atoms. The van der Waals surface area contributed by atoms with Gasteiger partial charge in [-0.25, -0.2) is 0 Å². The van der Waals surface area contributed by atoms with Gasteiger partial charge in [-0.2, -0.15) is 0 Å². The number of carbonyl (C=O) groups is 2. The molecule has 2 amide bonds. The molecule has 21 heavy (non-hydrogen) atoms.